The molecule has 0 N–H and O–H groups in total. The van der Waals surface area contributed by atoms with Crippen molar-refractivity contribution in [3.63, 3.8) is 0 Å². The average molecular weight is 447 g/mol. The van der Waals surface area contributed by atoms with E-state index in [2.05, 4.69) is 0 Å². The highest BCUT2D eigenvalue weighted by atomic mass is 32.2. The predicted octanol–water partition coefficient (Wildman–Crippen LogP) is 6.05. The van der Waals surface area contributed by atoms with E-state index in [9.17, 15) is 13.6 Å². The summed E-state index contributed by atoms with van der Waals surface area (Å²) in [5.74, 6) is -0.681. The number of halogens is 2. The first-order chi connectivity index (χ1) is 15.6. The second-order valence-corrected chi connectivity index (χ2v) is 8.91. The van der Waals surface area contributed by atoms with Gasteiger partial charge in [-0.2, -0.15) is 0 Å². The van der Waals surface area contributed by atoms with Crippen LogP contribution in [0.15, 0.2) is 86.0 Å². The SMILES string of the molecule is O=c1c(C2Sc3ccccc3N=C3c4cc(F)ccc4OCC32)coc2ccc(F)cc12. The number of hydrogen-bond donors (Lipinski definition) is 0. The number of ether oxygens (including phenoxy) is 1. The normalized spacial score (nSPS) is 19.2. The fraction of sp³-hybridized carbons (Fsp3) is 0.120. The number of benzene rings is 3. The van der Waals surface area contributed by atoms with Gasteiger partial charge in [-0.15, -0.1) is 11.8 Å². The van der Waals surface area contributed by atoms with Crippen LogP contribution in [0.25, 0.3) is 11.0 Å². The van der Waals surface area contributed by atoms with Crippen LogP contribution in [-0.4, -0.2) is 12.3 Å². The van der Waals surface area contributed by atoms with Crippen LogP contribution >= 0.6 is 11.8 Å². The van der Waals surface area contributed by atoms with Gasteiger partial charge < -0.3 is 9.15 Å². The summed E-state index contributed by atoms with van der Waals surface area (Å²) in [5, 5.41) is -0.236. The number of nitrogens with zero attached hydrogens (tertiary/aromatic N) is 1. The summed E-state index contributed by atoms with van der Waals surface area (Å²) >= 11 is 1.48. The zero-order valence-corrected chi connectivity index (χ0v) is 17.4. The Labute approximate surface area is 185 Å². The summed E-state index contributed by atoms with van der Waals surface area (Å²) in [4.78, 5) is 19.2. The molecule has 158 valence electrons. The van der Waals surface area contributed by atoms with Crippen molar-refractivity contribution >= 4 is 34.1 Å². The molecule has 2 atom stereocenters. The minimum atomic E-state index is -0.506. The molecular weight excluding hydrogens is 432 g/mol. The Morgan fingerprint density at radius 3 is 2.72 bits per heavy atom. The van der Waals surface area contributed by atoms with Crippen molar-refractivity contribution in [1.29, 1.82) is 0 Å². The van der Waals surface area contributed by atoms with Crippen LogP contribution in [0.5, 0.6) is 5.75 Å². The Morgan fingerprint density at radius 2 is 1.81 bits per heavy atom. The van der Waals surface area contributed by atoms with Crippen molar-refractivity contribution in [3.8, 4) is 5.75 Å². The molecule has 2 unspecified atom stereocenters. The number of thioether (sulfide) groups is 1. The van der Waals surface area contributed by atoms with Gasteiger partial charge in [-0.3, -0.25) is 9.79 Å². The van der Waals surface area contributed by atoms with Crippen LogP contribution in [0.3, 0.4) is 0 Å². The topological polar surface area (TPSA) is 51.8 Å². The predicted molar refractivity (Wildman–Crippen MR) is 119 cm³/mol. The molecule has 6 rings (SSSR count). The third-order valence-corrected chi connectivity index (χ3v) is 7.22. The molecule has 4 aromatic rings. The third-order valence-electron chi connectivity index (χ3n) is 5.78. The highest BCUT2D eigenvalue weighted by molar-refractivity contribution is 7.99. The molecule has 0 radical (unpaired) electrons. The number of para-hydroxylation sites is 1. The Balaban J connectivity index is 1.59. The van der Waals surface area contributed by atoms with Crippen LogP contribution in [0.1, 0.15) is 16.4 Å². The first-order valence-electron chi connectivity index (χ1n) is 10.1. The number of rotatable bonds is 1. The zero-order valence-electron chi connectivity index (χ0n) is 16.5. The van der Waals surface area contributed by atoms with Crippen LogP contribution in [0.2, 0.25) is 0 Å². The van der Waals surface area contributed by atoms with Gasteiger partial charge in [-0.25, -0.2) is 8.78 Å². The van der Waals surface area contributed by atoms with E-state index in [0.717, 1.165) is 10.6 Å². The largest absolute Gasteiger partial charge is 0.492 e. The minimum Gasteiger partial charge on any atom is -0.492 e. The lowest BCUT2D eigenvalue weighted by molar-refractivity contribution is 0.270. The first kappa shape index (κ1) is 19.3. The third kappa shape index (κ3) is 3.04. The summed E-state index contributed by atoms with van der Waals surface area (Å²) in [5.41, 5.74) is 2.39. The van der Waals surface area contributed by atoms with Gasteiger partial charge in [0.05, 0.1) is 40.8 Å². The van der Waals surface area contributed by atoms with Crippen molar-refractivity contribution < 1.29 is 17.9 Å². The van der Waals surface area contributed by atoms with Gasteiger partial charge >= 0.3 is 0 Å². The lowest BCUT2D eigenvalue weighted by Gasteiger charge is -2.31. The fourth-order valence-corrected chi connectivity index (χ4v) is 5.58. The Bertz CT molecular complexity index is 1480. The van der Waals surface area contributed by atoms with Crippen molar-refractivity contribution in [2.75, 3.05) is 6.61 Å². The molecule has 0 fully saturated rings. The van der Waals surface area contributed by atoms with Crippen molar-refractivity contribution in [3.05, 3.63) is 99.9 Å². The Morgan fingerprint density at radius 1 is 1.00 bits per heavy atom. The van der Waals surface area contributed by atoms with E-state index < -0.39 is 16.9 Å². The van der Waals surface area contributed by atoms with E-state index >= 15 is 0 Å². The molecule has 0 saturated heterocycles. The van der Waals surface area contributed by atoms with E-state index in [0.29, 0.717) is 28.2 Å². The van der Waals surface area contributed by atoms with E-state index in [1.165, 1.54) is 48.4 Å². The summed E-state index contributed by atoms with van der Waals surface area (Å²) in [7, 11) is 0. The Hall–Kier alpha value is -3.45. The van der Waals surface area contributed by atoms with Gasteiger partial charge in [0.1, 0.15) is 23.0 Å². The Kier molecular flexibility index (Phi) is 4.40. The number of aliphatic imine (C=N–C) groups is 1. The zero-order chi connectivity index (χ0) is 21.8. The average Bonchev–Trinajstić information content (AvgIpc) is 2.97. The molecule has 7 heteroatoms. The van der Waals surface area contributed by atoms with Gasteiger partial charge in [0.25, 0.3) is 0 Å². The second-order valence-electron chi connectivity index (χ2n) is 7.72. The molecule has 3 heterocycles. The quantitative estimate of drug-likeness (QED) is 0.357. The van der Waals surface area contributed by atoms with Gasteiger partial charge in [0.2, 0.25) is 0 Å². The fourth-order valence-electron chi connectivity index (χ4n) is 4.25. The lowest BCUT2D eigenvalue weighted by Crippen LogP contribution is -2.33. The van der Waals surface area contributed by atoms with Crippen molar-refractivity contribution in [2.24, 2.45) is 10.9 Å². The van der Waals surface area contributed by atoms with Gasteiger partial charge in [-0.1, -0.05) is 12.1 Å². The molecular formula is C25H15F2NO3S. The monoisotopic (exact) mass is 447 g/mol. The highest BCUT2D eigenvalue weighted by Crippen LogP contribution is 2.49. The van der Waals surface area contributed by atoms with Crippen molar-refractivity contribution in [2.45, 2.75) is 10.1 Å². The van der Waals surface area contributed by atoms with Gasteiger partial charge in [0.15, 0.2) is 5.43 Å². The van der Waals surface area contributed by atoms with Crippen LogP contribution in [0.4, 0.5) is 14.5 Å². The molecule has 3 aromatic carbocycles. The maximum atomic E-state index is 14.1. The standard InChI is InChI=1S/C25H15F2NO3S/c26-13-5-7-20-15(9-13)23-17(11-30-20)25(32-22-4-2-1-3-19(22)28-23)18-12-31-21-8-6-14(27)10-16(21)24(18)29/h1-10,12,17,25H,11H2. The molecule has 4 nitrogen and oxygen atoms in total. The lowest BCUT2D eigenvalue weighted by atomic mass is 9.88. The summed E-state index contributed by atoms with van der Waals surface area (Å²) in [6.07, 6.45) is 1.44. The molecule has 1 aromatic heterocycles. The van der Waals surface area contributed by atoms with Crippen molar-refractivity contribution in [1.82, 2.24) is 0 Å². The molecule has 0 saturated carbocycles. The number of hydrogen-bond acceptors (Lipinski definition) is 5. The molecule has 0 spiro atoms. The molecule has 2 aliphatic heterocycles. The number of fused-ring (bicyclic) bond motifs is 5. The minimum absolute atomic E-state index is 0.183. The first-order valence-corrected chi connectivity index (χ1v) is 10.9. The van der Waals surface area contributed by atoms with Crippen LogP contribution in [0, 0.1) is 17.6 Å². The highest BCUT2D eigenvalue weighted by Gasteiger charge is 2.39. The second kappa shape index (κ2) is 7.31. The summed E-state index contributed by atoms with van der Waals surface area (Å²) < 4.78 is 39.7. The summed E-state index contributed by atoms with van der Waals surface area (Å²) in [6, 6.07) is 15.9. The smallest absolute Gasteiger partial charge is 0.197 e. The van der Waals surface area contributed by atoms with Crippen LogP contribution < -0.4 is 10.2 Å². The maximum Gasteiger partial charge on any atom is 0.197 e. The van der Waals surface area contributed by atoms with Gasteiger partial charge in [-0.05, 0) is 48.5 Å². The van der Waals surface area contributed by atoms with E-state index in [-0.39, 0.29) is 23.3 Å². The van der Waals surface area contributed by atoms with E-state index in [1.807, 2.05) is 24.3 Å². The van der Waals surface area contributed by atoms with Crippen LogP contribution in [-0.2, 0) is 0 Å². The van der Waals surface area contributed by atoms with E-state index in [1.54, 1.807) is 6.07 Å². The molecule has 0 bridgehead atoms. The molecule has 32 heavy (non-hydrogen) atoms. The maximum absolute atomic E-state index is 14.1. The summed E-state index contributed by atoms with van der Waals surface area (Å²) in [6.45, 7) is 0.268. The molecule has 0 amide bonds. The van der Waals surface area contributed by atoms with E-state index in [4.69, 9.17) is 14.1 Å². The molecule has 2 aliphatic rings. The van der Waals surface area contributed by atoms with Gasteiger partial charge in [0, 0.05) is 16.0 Å². The molecule has 0 aliphatic carbocycles.